The van der Waals surface area contributed by atoms with E-state index < -0.39 is 23.8 Å². The van der Waals surface area contributed by atoms with Crippen molar-refractivity contribution < 1.29 is 24.0 Å². The zero-order valence-electron chi connectivity index (χ0n) is 22.8. The molecule has 0 bridgehead atoms. The van der Waals surface area contributed by atoms with Crippen molar-refractivity contribution in [3.05, 3.63) is 94.2 Å². The van der Waals surface area contributed by atoms with Gasteiger partial charge in [0.05, 0.1) is 11.8 Å². The molecule has 0 aliphatic carbocycles. The minimum Gasteiger partial charge on any atom is -0.315 e. The predicted octanol–water partition coefficient (Wildman–Crippen LogP) is 6.33. The van der Waals surface area contributed by atoms with Gasteiger partial charge in [0, 0.05) is 34.4 Å². The molecule has 0 radical (unpaired) electrons. The summed E-state index contributed by atoms with van der Waals surface area (Å²) in [5, 5.41) is 19.1. The van der Waals surface area contributed by atoms with E-state index in [2.05, 4.69) is 15.8 Å². The van der Waals surface area contributed by atoms with Crippen molar-refractivity contribution in [2.24, 2.45) is 5.10 Å². The second kappa shape index (κ2) is 13.2. The molecule has 0 aromatic heterocycles. The van der Waals surface area contributed by atoms with Gasteiger partial charge in [-0.15, -0.1) is 0 Å². The van der Waals surface area contributed by atoms with E-state index in [1.807, 2.05) is 0 Å². The summed E-state index contributed by atoms with van der Waals surface area (Å²) in [6.45, 7) is 3.59. The molecule has 1 aliphatic rings. The van der Waals surface area contributed by atoms with Crippen LogP contribution >= 0.6 is 23.2 Å². The highest BCUT2D eigenvalue weighted by atomic mass is 35.5. The first-order valence-electron chi connectivity index (χ1n) is 13.0. The fraction of sp³-hybridized carbons (Fsp3) is 0.241. The smallest absolute Gasteiger partial charge is 0.315 e. The van der Waals surface area contributed by atoms with Crippen molar-refractivity contribution in [2.75, 3.05) is 16.8 Å². The first-order chi connectivity index (χ1) is 20.0. The van der Waals surface area contributed by atoms with Crippen LogP contribution in [0, 0.1) is 5.82 Å². The number of nitrogens with one attached hydrogen (secondary N) is 2. The summed E-state index contributed by atoms with van der Waals surface area (Å²) in [7, 11) is 0. The van der Waals surface area contributed by atoms with E-state index in [0.29, 0.717) is 32.0 Å². The van der Waals surface area contributed by atoms with Crippen LogP contribution in [-0.2, 0) is 4.79 Å². The Bertz CT molecular complexity index is 1450. The van der Waals surface area contributed by atoms with Crippen molar-refractivity contribution in [2.45, 2.75) is 38.4 Å². The Labute approximate surface area is 252 Å². The van der Waals surface area contributed by atoms with Crippen LogP contribution in [0.2, 0.25) is 10.0 Å². The van der Waals surface area contributed by atoms with Gasteiger partial charge in [0.15, 0.2) is 6.17 Å². The lowest BCUT2D eigenvalue weighted by molar-refractivity contribution is -0.121. The molecule has 1 saturated heterocycles. The summed E-state index contributed by atoms with van der Waals surface area (Å²) in [5.74, 6) is -0.756. The van der Waals surface area contributed by atoms with Gasteiger partial charge in [-0.2, -0.15) is 10.2 Å². The number of amides is 5. The summed E-state index contributed by atoms with van der Waals surface area (Å²) in [6, 6.07) is 17.1. The van der Waals surface area contributed by atoms with E-state index in [4.69, 9.17) is 23.2 Å². The van der Waals surface area contributed by atoms with Crippen molar-refractivity contribution in [1.29, 1.82) is 0 Å². The Hall–Kier alpha value is -4.19. The molecule has 1 atom stereocenters. The van der Waals surface area contributed by atoms with Gasteiger partial charge in [0.25, 0.3) is 0 Å². The van der Waals surface area contributed by atoms with Gasteiger partial charge < -0.3 is 10.2 Å². The van der Waals surface area contributed by atoms with Crippen LogP contribution in [0.3, 0.4) is 0 Å². The lowest BCUT2D eigenvalue weighted by atomic mass is 9.99. The summed E-state index contributed by atoms with van der Waals surface area (Å²) in [4.78, 5) is 42.0. The fourth-order valence-electron chi connectivity index (χ4n) is 4.59. The minimum atomic E-state index is -1.15. The molecular formula is C29H29Cl2FN6O4. The van der Waals surface area contributed by atoms with E-state index in [9.17, 15) is 24.0 Å². The lowest BCUT2D eigenvalue weighted by Gasteiger charge is -2.38. The van der Waals surface area contributed by atoms with Crippen molar-refractivity contribution >= 4 is 58.8 Å². The lowest BCUT2D eigenvalue weighted by Crippen LogP contribution is -2.58. The molecule has 10 nitrogen and oxygen atoms in total. The number of urea groups is 2. The predicted molar refractivity (Wildman–Crippen MR) is 159 cm³/mol. The van der Waals surface area contributed by atoms with Crippen molar-refractivity contribution in [1.82, 2.24) is 15.4 Å². The molecule has 220 valence electrons. The van der Waals surface area contributed by atoms with Crippen LogP contribution in [-0.4, -0.2) is 57.6 Å². The van der Waals surface area contributed by atoms with E-state index in [0.717, 1.165) is 0 Å². The van der Waals surface area contributed by atoms with Gasteiger partial charge >= 0.3 is 12.1 Å². The number of anilines is 2. The number of hydrogen-bond donors (Lipinski definition) is 3. The molecule has 0 spiro atoms. The highest BCUT2D eigenvalue weighted by Crippen LogP contribution is 2.38. The van der Waals surface area contributed by atoms with Crippen molar-refractivity contribution in [3.8, 4) is 0 Å². The topological polar surface area (TPSA) is 118 Å². The number of rotatable bonds is 9. The SMILES string of the molecule is CC1(C)C(N(O)C(=O)Nc2ccc(Cl)cc2)N(c2ccc(Cl)cc2)C(=O)N1CCCC(=O)N/N=C\c1ccc(F)cc1. The van der Waals surface area contributed by atoms with E-state index in [-0.39, 0.29) is 31.1 Å². The van der Waals surface area contributed by atoms with Crippen LogP contribution < -0.4 is 15.6 Å². The highest BCUT2D eigenvalue weighted by molar-refractivity contribution is 6.31. The molecule has 5 amide bonds. The maximum atomic E-state index is 13.8. The van der Waals surface area contributed by atoms with E-state index in [1.54, 1.807) is 62.4 Å². The Kier molecular flexibility index (Phi) is 9.66. The Morgan fingerprint density at radius 1 is 1.02 bits per heavy atom. The summed E-state index contributed by atoms with van der Waals surface area (Å²) in [5.41, 5.74) is 2.74. The van der Waals surface area contributed by atoms with Crippen LogP contribution in [0.1, 0.15) is 32.3 Å². The zero-order chi connectivity index (χ0) is 30.4. The average Bonchev–Trinajstić information content (AvgIpc) is 3.15. The first-order valence-corrected chi connectivity index (χ1v) is 13.7. The molecule has 13 heteroatoms. The molecule has 1 heterocycles. The van der Waals surface area contributed by atoms with E-state index in [1.165, 1.54) is 40.3 Å². The molecule has 1 unspecified atom stereocenters. The second-order valence-electron chi connectivity index (χ2n) is 10.0. The molecule has 3 N–H and O–H groups in total. The van der Waals surface area contributed by atoms with Gasteiger partial charge in [0.2, 0.25) is 5.91 Å². The van der Waals surface area contributed by atoms with Gasteiger partial charge in [-0.25, -0.2) is 19.4 Å². The summed E-state index contributed by atoms with van der Waals surface area (Å²) < 4.78 is 13.0. The first kappa shape index (κ1) is 30.8. The maximum absolute atomic E-state index is 13.8. The van der Waals surface area contributed by atoms with E-state index >= 15 is 0 Å². The van der Waals surface area contributed by atoms with Crippen LogP contribution in [0.25, 0.3) is 0 Å². The third kappa shape index (κ3) is 7.17. The third-order valence-electron chi connectivity index (χ3n) is 6.71. The standard InChI is InChI=1S/C29H29Cl2FN6O4/c1-29(2)26(38(42)27(40)34-23-13-7-20(30)8-14-23)37(24-15-9-21(31)10-16-24)28(41)36(29)17-3-4-25(39)35-33-18-19-5-11-22(32)12-6-19/h5-16,18,26,42H,3-4,17H2,1-2H3,(H,34,40)(H,35,39)/b33-18-. The number of hydrazone groups is 1. The van der Waals surface area contributed by atoms with Gasteiger partial charge in [-0.3, -0.25) is 14.9 Å². The largest absolute Gasteiger partial charge is 0.347 e. The molecule has 3 aromatic carbocycles. The highest BCUT2D eigenvalue weighted by Gasteiger charge is 2.55. The van der Waals surface area contributed by atoms with Crippen LogP contribution in [0.15, 0.2) is 77.9 Å². The van der Waals surface area contributed by atoms with Crippen LogP contribution in [0.5, 0.6) is 0 Å². The van der Waals surface area contributed by atoms with Gasteiger partial charge in [0.1, 0.15) is 5.82 Å². The Balaban J connectivity index is 1.47. The number of carbonyl (C=O) groups excluding carboxylic acids is 3. The number of benzene rings is 3. The minimum absolute atomic E-state index is 0.0477. The number of hydroxylamine groups is 2. The Morgan fingerprint density at radius 3 is 2.24 bits per heavy atom. The second-order valence-corrected chi connectivity index (χ2v) is 10.9. The molecular weight excluding hydrogens is 586 g/mol. The molecule has 0 saturated carbocycles. The van der Waals surface area contributed by atoms with Crippen LogP contribution in [0.4, 0.5) is 25.4 Å². The van der Waals surface area contributed by atoms with Gasteiger partial charge in [-0.1, -0.05) is 35.3 Å². The molecule has 42 heavy (non-hydrogen) atoms. The number of halogens is 3. The van der Waals surface area contributed by atoms with Gasteiger partial charge in [-0.05, 0) is 86.5 Å². The quantitative estimate of drug-likeness (QED) is 0.148. The third-order valence-corrected chi connectivity index (χ3v) is 7.21. The average molecular weight is 615 g/mol. The summed E-state index contributed by atoms with van der Waals surface area (Å²) >= 11 is 12.0. The summed E-state index contributed by atoms with van der Waals surface area (Å²) in [6.07, 6.45) is 0.569. The number of carbonyl (C=O) groups is 3. The molecule has 1 aliphatic heterocycles. The number of nitrogens with zero attached hydrogens (tertiary/aromatic N) is 4. The number of hydrogen-bond acceptors (Lipinski definition) is 5. The monoisotopic (exact) mass is 614 g/mol. The van der Waals surface area contributed by atoms with Crippen molar-refractivity contribution in [3.63, 3.8) is 0 Å². The molecule has 1 fully saturated rings. The normalized spacial score (nSPS) is 16.1. The molecule has 4 rings (SSSR count). The fourth-order valence-corrected chi connectivity index (χ4v) is 4.84. The zero-order valence-corrected chi connectivity index (χ0v) is 24.3. The Morgan fingerprint density at radius 2 is 1.62 bits per heavy atom. The maximum Gasteiger partial charge on any atom is 0.347 e. The molecule has 3 aromatic rings.